The van der Waals surface area contributed by atoms with E-state index in [1.165, 1.54) is 6.08 Å². The molecule has 0 atom stereocenters. The van der Waals surface area contributed by atoms with Gasteiger partial charge in [0, 0.05) is 10.0 Å². The Morgan fingerprint density at radius 1 is 0.950 bits per heavy atom. The highest BCUT2D eigenvalue weighted by Crippen LogP contribution is 2.37. The van der Waals surface area contributed by atoms with Crippen molar-refractivity contribution in [3.8, 4) is 5.75 Å². The summed E-state index contributed by atoms with van der Waals surface area (Å²) in [7, 11) is 0. The number of ether oxygens (including phenoxy) is 1. The van der Waals surface area contributed by atoms with Gasteiger partial charge in [-0.15, -0.1) is 0 Å². The first-order valence-electron chi connectivity index (χ1n) is 11.7. The summed E-state index contributed by atoms with van der Waals surface area (Å²) < 4.78 is 47.1. The highest BCUT2D eigenvalue weighted by Gasteiger charge is 2.39. The molecular weight excluding hydrogens is 613 g/mol. The minimum absolute atomic E-state index is 0.173. The molecule has 5 rings (SSSR count). The normalized spacial score (nSPS) is 15.1. The predicted molar refractivity (Wildman–Crippen MR) is 148 cm³/mol. The van der Waals surface area contributed by atoms with Crippen molar-refractivity contribution >= 4 is 67.9 Å². The van der Waals surface area contributed by atoms with Gasteiger partial charge in [0.05, 0.1) is 16.3 Å². The number of hydrogen-bond donors (Lipinski definition) is 1. The maximum Gasteiger partial charge on any atom is 0.416 e. The summed E-state index contributed by atoms with van der Waals surface area (Å²) in [5.74, 6) is -1.81. The second-order valence-corrected chi connectivity index (χ2v) is 10.1. The first kappa shape index (κ1) is 27.4. The van der Waals surface area contributed by atoms with E-state index in [9.17, 15) is 27.6 Å². The van der Waals surface area contributed by atoms with Crippen LogP contribution in [0.5, 0.6) is 5.75 Å². The van der Waals surface area contributed by atoms with Crippen LogP contribution in [-0.2, 0) is 22.4 Å². The Hall–Kier alpha value is -4.15. The molecule has 1 N–H and O–H groups in total. The third-order valence-electron chi connectivity index (χ3n) is 6.14. The molecule has 0 radical (unpaired) electrons. The van der Waals surface area contributed by atoms with Gasteiger partial charge in [-0.3, -0.25) is 14.9 Å². The number of nitrogens with zero attached hydrogens (tertiary/aromatic N) is 1. The number of carbonyl (C=O) groups is 3. The van der Waals surface area contributed by atoms with Crippen molar-refractivity contribution in [2.45, 2.75) is 12.8 Å². The number of benzene rings is 4. The number of imide groups is 2. The Labute approximate surface area is 239 Å². The van der Waals surface area contributed by atoms with Gasteiger partial charge < -0.3 is 4.74 Å². The molecule has 4 amide bonds. The monoisotopic (exact) mass is 628 g/mol. The Morgan fingerprint density at radius 2 is 1.68 bits per heavy atom. The number of alkyl halides is 3. The topological polar surface area (TPSA) is 75.7 Å². The molecule has 11 heteroatoms. The molecule has 0 spiro atoms. The van der Waals surface area contributed by atoms with Crippen LogP contribution in [0.3, 0.4) is 0 Å². The predicted octanol–water partition coefficient (Wildman–Crippen LogP) is 7.52. The summed E-state index contributed by atoms with van der Waals surface area (Å²) >= 11 is 9.48. The molecule has 202 valence electrons. The van der Waals surface area contributed by atoms with Gasteiger partial charge in [-0.25, -0.2) is 9.69 Å². The van der Waals surface area contributed by atoms with Gasteiger partial charge in [-0.05, 0) is 58.8 Å². The molecule has 1 aliphatic heterocycles. The van der Waals surface area contributed by atoms with E-state index in [0.717, 1.165) is 27.6 Å². The maximum atomic E-state index is 13.5. The summed E-state index contributed by atoms with van der Waals surface area (Å²) in [6.45, 7) is 0.173. The quantitative estimate of drug-likeness (QED) is 0.183. The zero-order valence-corrected chi connectivity index (χ0v) is 22.6. The van der Waals surface area contributed by atoms with Crippen LogP contribution < -0.4 is 15.0 Å². The van der Waals surface area contributed by atoms with Crippen molar-refractivity contribution in [1.29, 1.82) is 0 Å². The largest absolute Gasteiger partial charge is 0.488 e. The number of anilines is 1. The van der Waals surface area contributed by atoms with E-state index in [1.54, 1.807) is 18.2 Å². The number of nitrogens with one attached hydrogen (secondary N) is 1. The molecule has 1 saturated heterocycles. The highest BCUT2D eigenvalue weighted by atomic mass is 79.9. The molecule has 4 aromatic rings. The van der Waals surface area contributed by atoms with E-state index in [4.69, 9.17) is 16.3 Å². The summed E-state index contributed by atoms with van der Waals surface area (Å²) in [6, 6.07) is 19.1. The summed E-state index contributed by atoms with van der Waals surface area (Å²) in [5.41, 5.74) is -0.886. The summed E-state index contributed by atoms with van der Waals surface area (Å²) in [5, 5.41) is 3.16. The van der Waals surface area contributed by atoms with Gasteiger partial charge in [0.25, 0.3) is 11.8 Å². The number of urea groups is 1. The molecule has 0 aromatic heterocycles. The molecule has 1 fully saturated rings. The SMILES string of the molecule is O=C1NC(=O)N(c2cc(C(F)(F)F)ccc2Cl)C(=O)/C1=C\c1c(OCc2ccc(Br)cc2)ccc2ccccc12. The number of fused-ring (bicyclic) bond motifs is 1. The van der Waals surface area contributed by atoms with Gasteiger partial charge in [-0.2, -0.15) is 13.2 Å². The number of halogens is 5. The molecule has 1 heterocycles. The lowest BCUT2D eigenvalue weighted by molar-refractivity contribution is -0.137. The fourth-order valence-corrected chi connectivity index (χ4v) is 4.64. The van der Waals surface area contributed by atoms with Crippen LogP contribution in [-0.4, -0.2) is 17.8 Å². The van der Waals surface area contributed by atoms with E-state index in [2.05, 4.69) is 15.9 Å². The van der Waals surface area contributed by atoms with Crippen molar-refractivity contribution in [3.63, 3.8) is 0 Å². The zero-order chi connectivity index (χ0) is 28.6. The average molecular weight is 630 g/mol. The fourth-order valence-electron chi connectivity index (χ4n) is 4.17. The van der Waals surface area contributed by atoms with Crippen LogP contribution in [0.15, 0.2) is 88.9 Å². The van der Waals surface area contributed by atoms with Crippen molar-refractivity contribution in [1.82, 2.24) is 5.32 Å². The Morgan fingerprint density at radius 3 is 2.40 bits per heavy atom. The molecular formula is C29H17BrClF3N2O4. The first-order chi connectivity index (χ1) is 19.0. The standard InChI is InChI=1S/C29H17BrClF3N2O4/c30-19-9-5-16(6-10-19)15-40-25-12-7-17-3-1-2-4-20(17)21(25)14-22-26(37)35-28(39)36(27(22)38)24-13-18(29(32,33)34)8-11-23(24)31/h1-14H,15H2,(H,35,37,39)/b22-14-. The average Bonchev–Trinajstić information content (AvgIpc) is 2.91. The van der Waals surface area contributed by atoms with Gasteiger partial charge in [0.2, 0.25) is 0 Å². The highest BCUT2D eigenvalue weighted by molar-refractivity contribution is 9.10. The molecule has 0 unspecified atom stereocenters. The lowest BCUT2D eigenvalue weighted by atomic mass is 9.99. The molecule has 40 heavy (non-hydrogen) atoms. The van der Waals surface area contributed by atoms with E-state index in [0.29, 0.717) is 27.7 Å². The minimum atomic E-state index is -4.76. The van der Waals surface area contributed by atoms with Gasteiger partial charge in [0.15, 0.2) is 0 Å². The van der Waals surface area contributed by atoms with Crippen LogP contribution >= 0.6 is 27.5 Å². The zero-order valence-electron chi connectivity index (χ0n) is 20.3. The van der Waals surface area contributed by atoms with Crippen molar-refractivity contribution in [2.75, 3.05) is 4.90 Å². The van der Waals surface area contributed by atoms with Crippen LogP contribution in [0.1, 0.15) is 16.7 Å². The summed E-state index contributed by atoms with van der Waals surface area (Å²) in [4.78, 5) is 39.5. The van der Waals surface area contributed by atoms with Gasteiger partial charge in [-0.1, -0.05) is 70.0 Å². The number of barbiturate groups is 1. The molecule has 0 bridgehead atoms. The molecule has 6 nitrogen and oxygen atoms in total. The van der Waals surface area contributed by atoms with Crippen molar-refractivity contribution in [2.24, 2.45) is 0 Å². The first-order valence-corrected chi connectivity index (χ1v) is 12.9. The smallest absolute Gasteiger partial charge is 0.416 e. The fraction of sp³-hybridized carbons (Fsp3) is 0.0690. The van der Waals surface area contributed by atoms with E-state index < -0.39 is 40.8 Å². The van der Waals surface area contributed by atoms with Gasteiger partial charge >= 0.3 is 12.2 Å². The second kappa shape index (κ2) is 10.8. The van der Waals surface area contributed by atoms with E-state index >= 15 is 0 Å². The minimum Gasteiger partial charge on any atom is -0.488 e. The third-order valence-corrected chi connectivity index (χ3v) is 6.99. The van der Waals surface area contributed by atoms with Crippen molar-refractivity contribution < 1.29 is 32.3 Å². The van der Waals surface area contributed by atoms with Gasteiger partial charge in [0.1, 0.15) is 17.9 Å². The summed E-state index contributed by atoms with van der Waals surface area (Å²) in [6.07, 6.45) is -3.50. The lowest BCUT2D eigenvalue weighted by Crippen LogP contribution is -2.54. The lowest BCUT2D eigenvalue weighted by Gasteiger charge is -2.27. The van der Waals surface area contributed by atoms with Crippen LogP contribution in [0.25, 0.3) is 16.8 Å². The molecule has 0 aliphatic carbocycles. The third kappa shape index (κ3) is 5.45. The Balaban J connectivity index is 1.59. The van der Waals surface area contributed by atoms with Crippen LogP contribution in [0, 0.1) is 0 Å². The molecule has 4 aromatic carbocycles. The van der Waals surface area contributed by atoms with E-state index in [-0.39, 0.29) is 11.6 Å². The van der Waals surface area contributed by atoms with Crippen molar-refractivity contribution in [3.05, 3.63) is 111 Å². The molecule has 0 saturated carbocycles. The number of rotatable bonds is 5. The molecule has 1 aliphatic rings. The Kier molecular flexibility index (Phi) is 7.39. The van der Waals surface area contributed by atoms with Crippen LogP contribution in [0.4, 0.5) is 23.7 Å². The van der Waals surface area contributed by atoms with E-state index in [1.807, 2.05) is 47.8 Å². The Bertz CT molecular complexity index is 1700. The second-order valence-electron chi connectivity index (χ2n) is 8.74. The maximum absolute atomic E-state index is 13.5. The number of amides is 4. The number of carbonyl (C=O) groups excluding carboxylic acids is 3. The van der Waals surface area contributed by atoms with Crippen LogP contribution in [0.2, 0.25) is 5.02 Å². The number of hydrogen-bond acceptors (Lipinski definition) is 4.